The highest BCUT2D eigenvalue weighted by Gasteiger charge is 2.21. The molecule has 26 heavy (non-hydrogen) atoms. The molecule has 0 atom stereocenters. The molecule has 0 aromatic heterocycles. The largest absolute Gasteiger partial charge is 0.472 e. The molecule has 0 radical (unpaired) electrons. The van der Waals surface area contributed by atoms with Crippen molar-refractivity contribution in [1.82, 2.24) is 10.2 Å². The second-order valence-electron chi connectivity index (χ2n) is 5.80. The van der Waals surface area contributed by atoms with Crippen LogP contribution in [0, 0.1) is 0 Å². The lowest BCUT2D eigenvalue weighted by atomic mass is 10.2. The molecule has 1 fully saturated rings. The zero-order chi connectivity index (χ0) is 18.5. The summed E-state index contributed by atoms with van der Waals surface area (Å²) in [6.07, 6.45) is 0. The fourth-order valence-corrected chi connectivity index (χ4v) is 3.37. The molecule has 2 aromatic rings. The first kappa shape index (κ1) is 19.0. The predicted molar refractivity (Wildman–Crippen MR) is 106 cm³/mol. The van der Waals surface area contributed by atoms with E-state index in [-0.39, 0.29) is 12.8 Å². The van der Waals surface area contributed by atoms with Gasteiger partial charge in [0.2, 0.25) is 0 Å². The van der Waals surface area contributed by atoms with Crippen LogP contribution in [0.15, 0.2) is 42.5 Å². The van der Waals surface area contributed by atoms with E-state index >= 15 is 0 Å². The van der Waals surface area contributed by atoms with Crippen LogP contribution in [-0.4, -0.2) is 43.8 Å². The van der Waals surface area contributed by atoms with E-state index < -0.39 is 0 Å². The smallest absolute Gasteiger partial charge is 0.320 e. The summed E-state index contributed by atoms with van der Waals surface area (Å²) in [4.78, 5) is 16.2. The van der Waals surface area contributed by atoms with Gasteiger partial charge < -0.3 is 19.9 Å². The van der Waals surface area contributed by atoms with Gasteiger partial charge in [-0.1, -0.05) is 40.9 Å². The molecule has 2 aromatic carbocycles. The molecule has 0 saturated carbocycles. The molecule has 1 N–H and O–H groups in total. The monoisotopic (exact) mass is 413 g/mol. The Kier molecular flexibility index (Phi) is 6.35. The van der Waals surface area contributed by atoms with Gasteiger partial charge in [0, 0.05) is 41.9 Å². The summed E-state index contributed by atoms with van der Waals surface area (Å²) >= 11 is 17.9. The third-order valence-electron chi connectivity index (χ3n) is 4.09. The summed E-state index contributed by atoms with van der Waals surface area (Å²) < 4.78 is 5.48. The minimum Gasteiger partial charge on any atom is -0.472 e. The molecule has 0 spiro atoms. The third kappa shape index (κ3) is 4.87. The van der Waals surface area contributed by atoms with Crippen molar-refractivity contribution in [3.63, 3.8) is 0 Å². The highest BCUT2D eigenvalue weighted by atomic mass is 35.5. The van der Waals surface area contributed by atoms with Gasteiger partial charge in [-0.15, -0.1) is 0 Å². The van der Waals surface area contributed by atoms with Crippen LogP contribution in [0.1, 0.15) is 0 Å². The fraction of sp³-hybridized carbons (Fsp3) is 0.278. The van der Waals surface area contributed by atoms with Gasteiger partial charge in [0.25, 0.3) is 0 Å². The molecular formula is C18H18Cl3N3O2. The van der Waals surface area contributed by atoms with E-state index in [1.165, 1.54) is 0 Å². The Morgan fingerprint density at radius 3 is 2.42 bits per heavy atom. The maximum absolute atomic E-state index is 12.3. The maximum Gasteiger partial charge on any atom is 0.320 e. The number of amides is 2. The van der Waals surface area contributed by atoms with Crippen LogP contribution in [-0.2, 0) is 0 Å². The Morgan fingerprint density at radius 1 is 1.00 bits per heavy atom. The van der Waals surface area contributed by atoms with E-state index in [9.17, 15) is 4.79 Å². The maximum atomic E-state index is 12.3. The fourth-order valence-electron chi connectivity index (χ4n) is 2.72. The van der Waals surface area contributed by atoms with Crippen molar-refractivity contribution in [2.24, 2.45) is 0 Å². The first-order chi connectivity index (χ1) is 12.5. The number of urea groups is 1. The zero-order valence-corrected chi connectivity index (χ0v) is 16.2. The normalized spacial score (nSPS) is 14.3. The molecule has 138 valence electrons. The number of nitrogens with one attached hydrogen (secondary N) is 1. The van der Waals surface area contributed by atoms with Crippen molar-refractivity contribution in [2.75, 3.05) is 37.8 Å². The van der Waals surface area contributed by atoms with Crippen molar-refractivity contribution >= 4 is 46.5 Å². The summed E-state index contributed by atoms with van der Waals surface area (Å²) in [6, 6.07) is 12.5. The summed E-state index contributed by atoms with van der Waals surface area (Å²) in [5.74, 6) is 0.474. The second kappa shape index (κ2) is 8.71. The van der Waals surface area contributed by atoms with E-state index in [0.717, 1.165) is 18.8 Å². The van der Waals surface area contributed by atoms with Crippen LogP contribution in [0.2, 0.25) is 15.1 Å². The van der Waals surface area contributed by atoms with E-state index in [2.05, 4.69) is 10.2 Å². The van der Waals surface area contributed by atoms with E-state index in [1.807, 2.05) is 24.3 Å². The van der Waals surface area contributed by atoms with Crippen molar-refractivity contribution in [2.45, 2.75) is 0 Å². The molecule has 1 heterocycles. The molecule has 0 aliphatic carbocycles. The van der Waals surface area contributed by atoms with E-state index in [4.69, 9.17) is 39.5 Å². The molecule has 0 bridgehead atoms. The summed E-state index contributed by atoms with van der Waals surface area (Å²) in [5, 5.41) is 4.38. The molecule has 1 aliphatic heterocycles. The first-order valence-electron chi connectivity index (χ1n) is 8.14. The summed E-state index contributed by atoms with van der Waals surface area (Å²) in [5.41, 5.74) is 1.07. The number of halogens is 3. The molecule has 1 aliphatic rings. The number of ether oxygens (including phenoxy) is 1. The lowest BCUT2D eigenvalue weighted by Gasteiger charge is -2.36. The third-order valence-corrected chi connectivity index (χ3v) is 4.85. The highest BCUT2D eigenvalue weighted by molar-refractivity contribution is 6.35. The Balaban J connectivity index is 1.45. The number of nitrogens with zero attached hydrogens (tertiary/aromatic N) is 2. The Bertz CT molecular complexity index is 780. The first-order valence-corrected chi connectivity index (χ1v) is 9.27. The van der Waals surface area contributed by atoms with E-state index in [0.29, 0.717) is 33.9 Å². The topological polar surface area (TPSA) is 44.8 Å². The average Bonchev–Trinajstić information content (AvgIpc) is 2.63. The number of hydrogen-bond donors (Lipinski definition) is 1. The minimum atomic E-state index is -0.166. The highest BCUT2D eigenvalue weighted by Crippen LogP contribution is 2.27. The Labute approximate surface area is 167 Å². The standard InChI is InChI=1S/C18H18Cl3N3O2/c19-13-2-1-3-15(10-13)23-6-8-24(9-7-23)18(25)22-12-26-17-5-4-14(20)11-16(17)21/h1-5,10-11H,6-9,12H2,(H,22,25). The van der Waals surface area contributed by atoms with Crippen LogP contribution in [0.3, 0.4) is 0 Å². The quantitative estimate of drug-likeness (QED) is 0.748. The van der Waals surface area contributed by atoms with Crippen molar-refractivity contribution < 1.29 is 9.53 Å². The number of benzene rings is 2. The number of anilines is 1. The minimum absolute atomic E-state index is 0.0364. The summed E-state index contributed by atoms with van der Waals surface area (Å²) in [7, 11) is 0. The van der Waals surface area contributed by atoms with Crippen LogP contribution in [0.25, 0.3) is 0 Å². The number of piperazine rings is 1. The molecule has 3 rings (SSSR count). The Morgan fingerprint density at radius 2 is 1.73 bits per heavy atom. The number of carbonyl (C=O) groups excluding carboxylic acids is 1. The number of rotatable bonds is 4. The van der Waals surface area contributed by atoms with Gasteiger partial charge in [0.05, 0.1) is 5.02 Å². The van der Waals surface area contributed by atoms with Crippen molar-refractivity contribution in [1.29, 1.82) is 0 Å². The lowest BCUT2D eigenvalue weighted by Crippen LogP contribution is -2.52. The molecule has 1 saturated heterocycles. The van der Waals surface area contributed by atoms with Gasteiger partial charge in [0.15, 0.2) is 6.73 Å². The number of hydrogen-bond acceptors (Lipinski definition) is 3. The van der Waals surface area contributed by atoms with E-state index in [1.54, 1.807) is 23.1 Å². The van der Waals surface area contributed by atoms with Gasteiger partial charge in [-0.25, -0.2) is 4.79 Å². The van der Waals surface area contributed by atoms with Gasteiger partial charge in [0.1, 0.15) is 5.75 Å². The Hall–Kier alpha value is -1.82. The molecule has 0 unspecified atom stereocenters. The van der Waals surface area contributed by atoms with Gasteiger partial charge in [-0.05, 0) is 36.4 Å². The van der Waals surface area contributed by atoms with Gasteiger partial charge in [-0.3, -0.25) is 0 Å². The average molecular weight is 415 g/mol. The molecular weight excluding hydrogens is 397 g/mol. The molecule has 8 heteroatoms. The van der Waals surface area contributed by atoms with Gasteiger partial charge >= 0.3 is 6.03 Å². The second-order valence-corrected chi connectivity index (χ2v) is 7.08. The zero-order valence-electron chi connectivity index (χ0n) is 13.9. The van der Waals surface area contributed by atoms with Crippen molar-refractivity contribution in [3.8, 4) is 5.75 Å². The van der Waals surface area contributed by atoms with Crippen LogP contribution in [0.4, 0.5) is 10.5 Å². The molecule has 5 nitrogen and oxygen atoms in total. The van der Waals surface area contributed by atoms with Crippen LogP contribution in [0.5, 0.6) is 5.75 Å². The SMILES string of the molecule is O=C(NCOc1ccc(Cl)cc1Cl)N1CCN(c2cccc(Cl)c2)CC1. The van der Waals surface area contributed by atoms with Gasteiger partial charge in [-0.2, -0.15) is 0 Å². The van der Waals surface area contributed by atoms with Crippen LogP contribution >= 0.6 is 34.8 Å². The van der Waals surface area contributed by atoms with Crippen LogP contribution < -0.4 is 15.0 Å². The molecule has 2 amide bonds. The number of carbonyl (C=O) groups is 1. The van der Waals surface area contributed by atoms with Crippen molar-refractivity contribution in [3.05, 3.63) is 57.5 Å². The lowest BCUT2D eigenvalue weighted by molar-refractivity contribution is 0.181. The summed E-state index contributed by atoms with van der Waals surface area (Å²) in [6.45, 7) is 2.78. The predicted octanol–water partition coefficient (Wildman–Crippen LogP) is 4.51.